The number of carbonyl (C=O) groups is 1. The van der Waals surface area contributed by atoms with Crippen molar-refractivity contribution in [2.75, 3.05) is 0 Å². The number of pyridine rings is 1. The molecule has 1 N–H and O–H groups in total. The Morgan fingerprint density at radius 2 is 2.16 bits per heavy atom. The maximum absolute atomic E-state index is 12.0. The maximum atomic E-state index is 12.0. The summed E-state index contributed by atoms with van der Waals surface area (Å²) in [5.41, 5.74) is 0.233. The molecule has 0 spiro atoms. The normalized spacial score (nSPS) is 22.5. The van der Waals surface area contributed by atoms with Gasteiger partial charge in [-0.1, -0.05) is 6.42 Å². The van der Waals surface area contributed by atoms with E-state index in [0.717, 1.165) is 19.3 Å². The standard InChI is InChI=1S/C14H16N2O3/c1-9-6-7-11(13(17)16-9)14(18)19-12-5-3-2-4-10(12)8-15/h6-7,10,12H,2-5H2,1H3,(H,16,17)/t10-,12-/m1/s1. The van der Waals surface area contributed by atoms with Gasteiger partial charge in [0.05, 0.1) is 12.0 Å². The van der Waals surface area contributed by atoms with Crippen LogP contribution in [0.25, 0.3) is 0 Å². The van der Waals surface area contributed by atoms with Crippen LogP contribution in [0.1, 0.15) is 41.7 Å². The highest BCUT2D eigenvalue weighted by atomic mass is 16.5. The number of ether oxygens (including phenoxy) is 1. The topological polar surface area (TPSA) is 82.9 Å². The monoisotopic (exact) mass is 260 g/mol. The van der Waals surface area contributed by atoms with Gasteiger partial charge in [0.2, 0.25) is 0 Å². The van der Waals surface area contributed by atoms with E-state index in [-0.39, 0.29) is 11.5 Å². The number of carbonyl (C=O) groups excluding carboxylic acids is 1. The molecule has 5 nitrogen and oxygen atoms in total. The molecule has 1 saturated carbocycles. The van der Waals surface area contributed by atoms with E-state index >= 15 is 0 Å². The lowest BCUT2D eigenvalue weighted by molar-refractivity contribution is 0.0105. The molecule has 1 aromatic heterocycles. The summed E-state index contributed by atoms with van der Waals surface area (Å²) in [6, 6.07) is 5.28. The van der Waals surface area contributed by atoms with Crippen molar-refractivity contribution in [1.29, 1.82) is 5.26 Å². The first kappa shape index (κ1) is 13.3. The third-order valence-corrected chi connectivity index (χ3v) is 3.40. The highest BCUT2D eigenvalue weighted by molar-refractivity contribution is 5.89. The summed E-state index contributed by atoms with van der Waals surface area (Å²) in [5, 5.41) is 9.03. The summed E-state index contributed by atoms with van der Waals surface area (Å²) in [6.45, 7) is 1.74. The van der Waals surface area contributed by atoms with Crippen molar-refractivity contribution in [3.63, 3.8) is 0 Å². The summed E-state index contributed by atoms with van der Waals surface area (Å²) in [7, 11) is 0. The molecule has 1 aliphatic rings. The van der Waals surface area contributed by atoms with Crippen molar-refractivity contribution in [3.8, 4) is 6.07 Å². The van der Waals surface area contributed by atoms with Gasteiger partial charge in [0.1, 0.15) is 11.7 Å². The highest BCUT2D eigenvalue weighted by Gasteiger charge is 2.29. The summed E-state index contributed by atoms with van der Waals surface area (Å²) in [6.07, 6.45) is 2.97. The van der Waals surface area contributed by atoms with Crippen LogP contribution < -0.4 is 5.56 Å². The first-order valence-electron chi connectivity index (χ1n) is 6.42. The zero-order chi connectivity index (χ0) is 13.8. The van der Waals surface area contributed by atoms with Crippen LogP contribution in [0.5, 0.6) is 0 Å². The largest absolute Gasteiger partial charge is 0.457 e. The number of nitrogens with zero attached hydrogens (tertiary/aromatic N) is 1. The Balaban J connectivity index is 2.12. The summed E-state index contributed by atoms with van der Waals surface area (Å²) in [5.74, 6) is -0.907. The minimum absolute atomic E-state index is 0.00661. The lowest BCUT2D eigenvalue weighted by Gasteiger charge is -2.26. The number of rotatable bonds is 2. The lowest BCUT2D eigenvalue weighted by Crippen LogP contribution is -2.31. The molecule has 0 aromatic carbocycles. The third-order valence-electron chi connectivity index (χ3n) is 3.40. The van der Waals surface area contributed by atoms with Gasteiger partial charge < -0.3 is 9.72 Å². The van der Waals surface area contributed by atoms with Gasteiger partial charge in [-0.2, -0.15) is 5.26 Å². The van der Waals surface area contributed by atoms with E-state index in [1.165, 1.54) is 6.07 Å². The highest BCUT2D eigenvalue weighted by Crippen LogP contribution is 2.26. The number of aromatic amines is 1. The summed E-state index contributed by atoms with van der Waals surface area (Å²) < 4.78 is 5.32. The van der Waals surface area contributed by atoms with E-state index in [4.69, 9.17) is 10.00 Å². The number of H-pyrrole nitrogens is 1. The summed E-state index contributed by atoms with van der Waals surface area (Å²) >= 11 is 0. The maximum Gasteiger partial charge on any atom is 0.344 e. The van der Waals surface area contributed by atoms with Gasteiger partial charge in [-0.3, -0.25) is 4.79 Å². The number of hydrogen-bond acceptors (Lipinski definition) is 4. The Morgan fingerprint density at radius 3 is 2.84 bits per heavy atom. The second-order valence-corrected chi connectivity index (χ2v) is 4.85. The molecule has 0 unspecified atom stereocenters. The first-order valence-corrected chi connectivity index (χ1v) is 6.42. The fourth-order valence-electron chi connectivity index (χ4n) is 2.32. The predicted molar refractivity (Wildman–Crippen MR) is 68.6 cm³/mol. The van der Waals surface area contributed by atoms with E-state index in [1.807, 2.05) is 0 Å². The molecular weight excluding hydrogens is 244 g/mol. The number of aryl methyl sites for hydroxylation is 1. The molecule has 1 aliphatic carbocycles. The Morgan fingerprint density at radius 1 is 1.42 bits per heavy atom. The Kier molecular flexibility index (Phi) is 4.00. The number of nitriles is 1. The number of aromatic nitrogens is 1. The van der Waals surface area contributed by atoms with Crippen LogP contribution in [0, 0.1) is 24.2 Å². The van der Waals surface area contributed by atoms with Gasteiger partial charge in [-0.05, 0) is 38.3 Å². The van der Waals surface area contributed by atoms with Gasteiger partial charge in [-0.15, -0.1) is 0 Å². The van der Waals surface area contributed by atoms with Crippen LogP contribution in [0.15, 0.2) is 16.9 Å². The quantitative estimate of drug-likeness (QED) is 0.823. The van der Waals surface area contributed by atoms with Gasteiger partial charge in [0.15, 0.2) is 0 Å². The van der Waals surface area contributed by atoms with E-state index in [1.54, 1.807) is 13.0 Å². The molecule has 0 saturated heterocycles. The third kappa shape index (κ3) is 3.02. The molecule has 0 radical (unpaired) electrons. The predicted octanol–water partition coefficient (Wildman–Crippen LogP) is 1.92. The SMILES string of the molecule is Cc1ccc(C(=O)O[C@@H]2CCCC[C@@H]2C#N)c(=O)[nH]1. The Bertz CT molecular complexity index is 571. The van der Waals surface area contributed by atoms with Crippen molar-refractivity contribution in [2.45, 2.75) is 38.7 Å². The van der Waals surface area contributed by atoms with Crippen LogP contribution in [0.3, 0.4) is 0 Å². The average molecular weight is 260 g/mol. The number of nitrogens with one attached hydrogen (secondary N) is 1. The lowest BCUT2D eigenvalue weighted by atomic mass is 9.87. The van der Waals surface area contributed by atoms with Crippen molar-refractivity contribution in [1.82, 2.24) is 4.98 Å². The summed E-state index contributed by atoms with van der Waals surface area (Å²) in [4.78, 5) is 26.2. The van der Waals surface area contributed by atoms with Gasteiger partial charge in [0, 0.05) is 5.69 Å². The fourth-order valence-corrected chi connectivity index (χ4v) is 2.32. The molecule has 0 aliphatic heterocycles. The minimum Gasteiger partial charge on any atom is -0.457 e. The molecule has 5 heteroatoms. The van der Waals surface area contributed by atoms with Crippen LogP contribution in [0.4, 0.5) is 0 Å². The molecule has 2 rings (SSSR count). The van der Waals surface area contributed by atoms with Crippen molar-refractivity contribution in [2.24, 2.45) is 5.92 Å². The van der Waals surface area contributed by atoms with E-state index in [0.29, 0.717) is 12.1 Å². The second-order valence-electron chi connectivity index (χ2n) is 4.85. The van der Waals surface area contributed by atoms with E-state index in [2.05, 4.69) is 11.1 Å². The molecule has 1 aromatic rings. The Labute approximate surface area is 111 Å². The first-order chi connectivity index (χ1) is 9.11. The molecule has 2 atom stereocenters. The average Bonchev–Trinajstić information content (AvgIpc) is 2.39. The smallest absolute Gasteiger partial charge is 0.344 e. The minimum atomic E-state index is -0.645. The molecule has 100 valence electrons. The van der Waals surface area contributed by atoms with Crippen LogP contribution in [-0.2, 0) is 4.74 Å². The Hall–Kier alpha value is -2.09. The molecular formula is C14H16N2O3. The molecule has 19 heavy (non-hydrogen) atoms. The van der Waals surface area contributed by atoms with E-state index < -0.39 is 17.6 Å². The molecule has 0 bridgehead atoms. The molecule has 1 fully saturated rings. The van der Waals surface area contributed by atoms with Gasteiger partial charge in [0.25, 0.3) is 5.56 Å². The molecule has 0 amide bonds. The van der Waals surface area contributed by atoms with Gasteiger partial charge in [-0.25, -0.2) is 4.79 Å². The van der Waals surface area contributed by atoms with Gasteiger partial charge >= 0.3 is 5.97 Å². The van der Waals surface area contributed by atoms with Crippen molar-refractivity contribution >= 4 is 5.97 Å². The van der Waals surface area contributed by atoms with E-state index in [9.17, 15) is 9.59 Å². The van der Waals surface area contributed by atoms with Crippen LogP contribution in [0.2, 0.25) is 0 Å². The number of hydrogen-bond donors (Lipinski definition) is 1. The van der Waals surface area contributed by atoms with Crippen LogP contribution >= 0.6 is 0 Å². The number of esters is 1. The zero-order valence-electron chi connectivity index (χ0n) is 10.8. The van der Waals surface area contributed by atoms with Crippen molar-refractivity contribution in [3.05, 3.63) is 33.7 Å². The second kappa shape index (κ2) is 5.70. The fraction of sp³-hybridized carbons (Fsp3) is 0.500. The zero-order valence-corrected chi connectivity index (χ0v) is 10.8. The van der Waals surface area contributed by atoms with Crippen molar-refractivity contribution < 1.29 is 9.53 Å². The molecule has 1 heterocycles. The van der Waals surface area contributed by atoms with Crippen LogP contribution in [-0.4, -0.2) is 17.1 Å².